The lowest BCUT2D eigenvalue weighted by atomic mass is 9.93. The van der Waals surface area contributed by atoms with Crippen LogP contribution >= 0.6 is 0 Å². The van der Waals surface area contributed by atoms with Gasteiger partial charge in [-0.05, 0) is 29.2 Å². The largest absolute Gasteiger partial charge is 0.459 e. The molecule has 523 valence electrons. The third-order valence-electron chi connectivity index (χ3n) is 16.6. The van der Waals surface area contributed by atoms with Crippen molar-refractivity contribution in [2.75, 3.05) is 39.5 Å². The fourth-order valence-corrected chi connectivity index (χ4v) is 11.2. The first-order valence-corrected chi connectivity index (χ1v) is 30.0. The van der Waals surface area contributed by atoms with Crippen LogP contribution in [0.2, 0.25) is 0 Å². The van der Waals surface area contributed by atoms with Gasteiger partial charge in [0.2, 0.25) is 36.2 Å². The van der Waals surface area contributed by atoms with Crippen molar-refractivity contribution in [2.45, 2.75) is 186 Å². The van der Waals surface area contributed by atoms with Crippen molar-refractivity contribution in [2.24, 2.45) is 11.7 Å². The van der Waals surface area contributed by atoms with E-state index in [0.29, 0.717) is 5.56 Å². The molecule has 36 nitrogen and oxygen atoms in total. The Balaban J connectivity index is 1.15. The van der Waals surface area contributed by atoms with E-state index in [-0.39, 0.29) is 30.4 Å². The quantitative estimate of drug-likeness (QED) is 0.0336. The number of halogens is 1. The molecule has 2 aromatic carbocycles. The summed E-state index contributed by atoms with van der Waals surface area (Å²) in [6.07, 6.45) is -31.7. The first-order chi connectivity index (χ1) is 44.6. The topological polar surface area (TPSA) is 582 Å². The van der Waals surface area contributed by atoms with E-state index in [1.54, 1.807) is 51.1 Å². The molecule has 5 aliphatic heterocycles. The minimum Gasteiger partial charge on any atom is -0.459 e. The number of nitrogens with two attached hydrogens (primary N) is 1. The third-order valence-corrected chi connectivity index (χ3v) is 16.6. The lowest BCUT2D eigenvalue weighted by molar-refractivity contribution is -0.353. The van der Waals surface area contributed by atoms with Gasteiger partial charge < -0.3 is 143 Å². The fourth-order valence-electron chi connectivity index (χ4n) is 11.2. The molecule has 5 heterocycles. The number of amides is 4. The molecule has 2 aromatic rings. The molecule has 24 N–H and O–H groups in total. The molecule has 94 heavy (non-hydrogen) atoms. The molecule has 0 aromatic heterocycles. The van der Waals surface area contributed by atoms with Gasteiger partial charge in [0.25, 0.3) is 0 Å². The standard InChI is InChI=1S/C57H83FN11O25/c1-21(2)11-34(75)93-48-41(79)32(19-73)91-55(46(48)84)94-47-33(20-74)92-54(45(83)43(47)81)90-30-10-9-23(12-26(30)58)13-27(65-50(86)35(59)22(3)24-7-5-4-6-8-24)49(85)67-36(38(76)28-14-62-56(60)66-28)52(88)68-37(51(87)64-25(16-70)17-71)39(77)29-15-63-57(61)69(29)53-44(82)42(80)40(78)31(18-72)89-53/h4-10,12,21-22,25,27-29,31-33,35-48,53-55,70,72-74,76-84H,11,13-16,18-20,59H2,1-3H3,(H2,61,63)(H,64,87)(H,65,86)(H,67,85)(H,68,88)(H3,60,62,66). The van der Waals surface area contributed by atoms with Crippen LogP contribution in [0.1, 0.15) is 44.2 Å². The van der Waals surface area contributed by atoms with Gasteiger partial charge in [-0.15, -0.1) is 0 Å². The molecule has 7 rings (SSSR count). The number of aliphatic hydroxyl groups is 13. The summed E-state index contributed by atoms with van der Waals surface area (Å²) in [7, 11) is 0. The molecule has 5 fully saturated rings. The molecule has 4 amide bonds. The predicted molar refractivity (Wildman–Crippen MR) is 314 cm³/mol. The van der Waals surface area contributed by atoms with Crippen molar-refractivity contribution >= 4 is 47.8 Å². The van der Waals surface area contributed by atoms with E-state index in [0.717, 1.165) is 17.0 Å². The van der Waals surface area contributed by atoms with Gasteiger partial charge in [0.15, 0.2) is 42.1 Å². The van der Waals surface area contributed by atoms with Crippen LogP contribution in [0.5, 0.6) is 5.75 Å². The number of nitrogens with zero attached hydrogens (tertiary/aromatic N) is 1. The second-order valence-corrected chi connectivity index (χ2v) is 23.7. The second kappa shape index (κ2) is 33.1. The maximum Gasteiger partial charge on any atom is 0.306 e. The maximum absolute atomic E-state index is 16.4. The molecule has 5 saturated heterocycles. The van der Waals surface area contributed by atoms with Crippen molar-refractivity contribution in [3.63, 3.8) is 0 Å². The van der Waals surface area contributed by atoms with E-state index in [2.05, 4.69) is 37.2 Å². The summed E-state index contributed by atoms with van der Waals surface area (Å²) >= 11 is 0. The Hall–Kier alpha value is -6.99. The Labute approximate surface area is 535 Å². The van der Waals surface area contributed by atoms with E-state index >= 15 is 4.39 Å². The number of hydrogen-bond acceptors (Lipinski definition) is 28. The number of guanidine groups is 2. The molecular formula is C57H83FN11O25. The molecule has 37 heteroatoms. The zero-order chi connectivity index (χ0) is 69.2. The summed E-state index contributed by atoms with van der Waals surface area (Å²) in [6.45, 7) is 0.399. The van der Waals surface area contributed by atoms with Crippen LogP contribution in [-0.4, -0.2) is 305 Å². The Kier molecular flexibility index (Phi) is 26.2. The molecule has 25 atom stereocenters. The second-order valence-electron chi connectivity index (χ2n) is 23.7. The molecular weight excluding hydrogens is 1260 g/mol. The molecule has 0 bridgehead atoms. The molecule has 5 aliphatic rings. The van der Waals surface area contributed by atoms with Gasteiger partial charge in [0.1, 0.15) is 104 Å². The summed E-state index contributed by atoms with van der Waals surface area (Å²) in [5, 5.41) is 174. The van der Waals surface area contributed by atoms with Crippen molar-refractivity contribution in [1.29, 1.82) is 10.8 Å². The van der Waals surface area contributed by atoms with Gasteiger partial charge >= 0.3 is 5.97 Å². The summed E-state index contributed by atoms with van der Waals surface area (Å²) < 4.78 is 50.0. The summed E-state index contributed by atoms with van der Waals surface area (Å²) in [6, 6.07) is -1.33. The van der Waals surface area contributed by atoms with Gasteiger partial charge in [0, 0.05) is 31.8 Å². The normalized spacial score (nSPS) is 32.0. The molecule has 0 saturated carbocycles. The van der Waals surface area contributed by atoms with Gasteiger partial charge in [-0.25, -0.2) is 4.39 Å². The third kappa shape index (κ3) is 17.3. The number of ether oxygens (including phenoxy) is 6. The number of esters is 1. The van der Waals surface area contributed by atoms with Gasteiger partial charge in [0.05, 0.1) is 44.6 Å². The van der Waals surface area contributed by atoms with Gasteiger partial charge in [-0.2, -0.15) is 0 Å². The molecule has 1 radical (unpaired) electrons. The zero-order valence-corrected chi connectivity index (χ0v) is 50.9. The number of benzene rings is 2. The molecule has 0 aliphatic carbocycles. The van der Waals surface area contributed by atoms with Crippen molar-refractivity contribution in [1.82, 2.24) is 42.1 Å². The Morgan fingerprint density at radius 2 is 1.34 bits per heavy atom. The lowest BCUT2D eigenvalue weighted by Gasteiger charge is -2.46. The SMILES string of the molecule is CC(C)CC(=O)OC1C(O)C(CO)OC(OC2C(CO)OC(Oc3ccc(CC(NC(=O)C(N)C(C)c4ccccc4)C(=O)NC(C(=O)NC(C(=O)NC([C]=O)CO)C(O)C4CNC(=N)N4C4OC(CO)C(O)C(O)C4O)C(O)C4CNC(=N)N4)cc3F)C(O)C2O)C1O. The monoisotopic (exact) mass is 1340 g/mol. The van der Waals surface area contributed by atoms with Crippen LogP contribution in [0.15, 0.2) is 48.5 Å². The van der Waals surface area contributed by atoms with Gasteiger partial charge in [-0.3, -0.25) is 39.6 Å². The van der Waals surface area contributed by atoms with E-state index in [1.165, 1.54) is 12.4 Å². The van der Waals surface area contributed by atoms with E-state index in [1.807, 2.05) is 0 Å². The van der Waals surface area contributed by atoms with Crippen LogP contribution in [0, 0.1) is 22.6 Å². The number of nitrogens with one attached hydrogen (secondary N) is 9. The average Bonchev–Trinajstić information content (AvgIpc) is 1.37. The van der Waals surface area contributed by atoms with E-state index in [9.17, 15) is 95.2 Å². The van der Waals surface area contributed by atoms with Crippen LogP contribution < -0.4 is 47.7 Å². The highest BCUT2D eigenvalue weighted by Gasteiger charge is 2.55. The van der Waals surface area contributed by atoms with Gasteiger partial charge in [-0.1, -0.05) is 57.2 Å². The first kappa shape index (κ1) is 74.4. The Morgan fingerprint density at radius 3 is 1.95 bits per heavy atom. The number of carbonyl (C=O) groups excluding carboxylic acids is 6. The highest BCUT2D eigenvalue weighted by Crippen LogP contribution is 2.34. The predicted octanol–water partition coefficient (Wildman–Crippen LogP) is -10.6. The zero-order valence-electron chi connectivity index (χ0n) is 50.9. The Morgan fingerprint density at radius 1 is 0.713 bits per heavy atom. The van der Waals surface area contributed by atoms with Crippen LogP contribution in [0.4, 0.5) is 4.39 Å². The van der Waals surface area contributed by atoms with Crippen molar-refractivity contribution < 1.29 is 128 Å². The van der Waals surface area contributed by atoms with Crippen LogP contribution in [0.3, 0.4) is 0 Å². The highest BCUT2D eigenvalue weighted by molar-refractivity contribution is 5.96. The van der Waals surface area contributed by atoms with E-state index in [4.69, 9.17) is 45.0 Å². The number of rotatable bonds is 29. The molecule has 25 unspecified atom stereocenters. The van der Waals surface area contributed by atoms with Crippen LogP contribution in [0.25, 0.3) is 0 Å². The maximum atomic E-state index is 16.4. The van der Waals surface area contributed by atoms with Crippen molar-refractivity contribution in [3.05, 3.63) is 65.5 Å². The summed E-state index contributed by atoms with van der Waals surface area (Å²) in [4.78, 5) is 83.3. The number of hydrogen-bond donors (Lipinski definition) is 23. The summed E-state index contributed by atoms with van der Waals surface area (Å²) in [5.74, 6) is -9.89. The Bertz CT molecular complexity index is 2930. The lowest BCUT2D eigenvalue weighted by Crippen LogP contribution is -2.69. The minimum absolute atomic E-state index is 0.117. The highest BCUT2D eigenvalue weighted by atomic mass is 19.1. The first-order valence-electron chi connectivity index (χ1n) is 30.0. The number of aliphatic hydroxyl groups excluding tert-OH is 13. The minimum atomic E-state index is -2.34. The summed E-state index contributed by atoms with van der Waals surface area (Å²) in [5.41, 5.74) is 6.94. The van der Waals surface area contributed by atoms with Crippen LogP contribution in [-0.2, 0) is 58.9 Å². The van der Waals surface area contributed by atoms with E-state index < -0.39 is 239 Å². The molecule has 0 spiro atoms. The fraction of sp³-hybridized carbons (Fsp3) is 0.649. The smallest absolute Gasteiger partial charge is 0.306 e. The van der Waals surface area contributed by atoms with Crippen molar-refractivity contribution in [3.8, 4) is 5.75 Å². The average molecular weight is 1340 g/mol. The number of carbonyl (C=O) groups is 5.